The van der Waals surface area contributed by atoms with E-state index in [2.05, 4.69) is 15.3 Å². The smallest absolute Gasteiger partial charge is 0.296 e. The van der Waals surface area contributed by atoms with Crippen LogP contribution >= 0.6 is 0 Å². The highest BCUT2D eigenvalue weighted by Crippen LogP contribution is 2.27. The van der Waals surface area contributed by atoms with Gasteiger partial charge in [0.05, 0.1) is 5.52 Å². The number of amides is 1. The van der Waals surface area contributed by atoms with Gasteiger partial charge in [0.15, 0.2) is 5.96 Å². The number of nitrogens with one attached hydrogen (secondary N) is 2. The highest BCUT2D eigenvalue weighted by molar-refractivity contribution is 6.04. The first-order valence-electron chi connectivity index (χ1n) is 8.19. The zero-order valence-electron chi connectivity index (χ0n) is 14.5. The fraction of sp³-hybridized carbons (Fsp3) is 0.158. The predicted octanol–water partition coefficient (Wildman–Crippen LogP) is 1.88. The second-order valence-corrected chi connectivity index (χ2v) is 5.77. The third-order valence-electron chi connectivity index (χ3n) is 3.95. The number of guanidine groups is 1. The highest BCUT2D eigenvalue weighted by atomic mass is 16.5. The number of aromatic nitrogens is 1. The van der Waals surface area contributed by atoms with Gasteiger partial charge in [0.2, 0.25) is 0 Å². The van der Waals surface area contributed by atoms with Crippen molar-refractivity contribution in [1.82, 2.24) is 10.3 Å². The number of hydrogen-bond acceptors (Lipinski definition) is 3. The third kappa shape index (κ3) is 3.84. The van der Waals surface area contributed by atoms with E-state index in [1.165, 1.54) is 0 Å². The van der Waals surface area contributed by atoms with Crippen molar-refractivity contribution in [1.29, 1.82) is 0 Å². The molecule has 0 aliphatic rings. The van der Waals surface area contributed by atoms with Crippen molar-refractivity contribution >= 4 is 22.8 Å². The minimum Gasteiger partial charge on any atom is -0.487 e. The van der Waals surface area contributed by atoms with Crippen LogP contribution in [0.25, 0.3) is 10.9 Å². The summed E-state index contributed by atoms with van der Waals surface area (Å²) in [5, 5.41) is 3.48. The van der Waals surface area contributed by atoms with Crippen LogP contribution in [0.1, 0.15) is 21.6 Å². The second-order valence-electron chi connectivity index (χ2n) is 5.77. The number of aromatic amines is 1. The SMILES string of the molecule is CNC(N)=NC(=O)c1cc2cccc(OCc3cccc(CN)c3)c2[nH]1. The van der Waals surface area contributed by atoms with Gasteiger partial charge in [0.1, 0.15) is 18.1 Å². The molecule has 1 amide bonds. The minimum absolute atomic E-state index is 0.0601. The zero-order chi connectivity index (χ0) is 18.5. The molecule has 6 N–H and O–H groups in total. The average Bonchev–Trinajstić information content (AvgIpc) is 3.11. The number of carbonyl (C=O) groups is 1. The molecule has 0 saturated carbocycles. The van der Waals surface area contributed by atoms with Gasteiger partial charge in [-0.25, -0.2) is 0 Å². The average molecular weight is 351 g/mol. The molecule has 0 unspecified atom stereocenters. The second kappa shape index (κ2) is 7.71. The monoisotopic (exact) mass is 351 g/mol. The molecule has 7 heteroatoms. The van der Waals surface area contributed by atoms with Gasteiger partial charge < -0.3 is 26.5 Å². The number of nitrogens with two attached hydrogens (primary N) is 2. The molecule has 0 bridgehead atoms. The fourth-order valence-electron chi connectivity index (χ4n) is 2.60. The maximum atomic E-state index is 12.2. The van der Waals surface area contributed by atoms with Crippen molar-refractivity contribution in [3.63, 3.8) is 0 Å². The summed E-state index contributed by atoms with van der Waals surface area (Å²) in [6, 6.07) is 15.3. The lowest BCUT2D eigenvalue weighted by atomic mass is 10.1. The van der Waals surface area contributed by atoms with Gasteiger partial charge in [-0.3, -0.25) is 4.79 Å². The Morgan fingerprint density at radius 1 is 1.19 bits per heavy atom. The van der Waals surface area contributed by atoms with Crippen molar-refractivity contribution in [2.24, 2.45) is 16.5 Å². The summed E-state index contributed by atoms with van der Waals surface area (Å²) in [7, 11) is 1.60. The molecule has 0 atom stereocenters. The lowest BCUT2D eigenvalue weighted by molar-refractivity contribution is 0.0998. The summed E-state index contributed by atoms with van der Waals surface area (Å²) < 4.78 is 5.94. The Morgan fingerprint density at radius 3 is 2.73 bits per heavy atom. The molecule has 1 aromatic heterocycles. The lowest BCUT2D eigenvalue weighted by Crippen LogP contribution is -2.28. The van der Waals surface area contributed by atoms with E-state index in [1.54, 1.807) is 13.1 Å². The van der Waals surface area contributed by atoms with E-state index in [9.17, 15) is 4.79 Å². The van der Waals surface area contributed by atoms with E-state index in [-0.39, 0.29) is 5.96 Å². The Labute approximate surface area is 151 Å². The number of rotatable bonds is 5. The number of benzene rings is 2. The Balaban J connectivity index is 1.84. The number of H-pyrrole nitrogens is 1. The molecule has 0 radical (unpaired) electrons. The Hall–Kier alpha value is -3.32. The standard InChI is InChI=1S/C19H21N5O2/c1-22-19(21)24-18(25)15-9-14-6-3-7-16(17(14)23-15)26-11-13-5-2-4-12(8-13)10-20/h2-9,23H,10-11,20H2,1H3,(H3,21,22,24,25). The number of hydrogen-bond donors (Lipinski definition) is 4. The first kappa shape index (κ1) is 17.5. The zero-order valence-corrected chi connectivity index (χ0v) is 14.5. The fourth-order valence-corrected chi connectivity index (χ4v) is 2.60. The van der Waals surface area contributed by atoms with Gasteiger partial charge in [0.25, 0.3) is 5.91 Å². The van der Waals surface area contributed by atoms with Crippen LogP contribution in [0.4, 0.5) is 0 Å². The molecule has 0 fully saturated rings. The third-order valence-corrected chi connectivity index (χ3v) is 3.95. The molecule has 0 aliphatic carbocycles. The maximum Gasteiger partial charge on any atom is 0.296 e. The molecule has 134 valence electrons. The van der Waals surface area contributed by atoms with Gasteiger partial charge in [-0.1, -0.05) is 36.4 Å². The highest BCUT2D eigenvalue weighted by Gasteiger charge is 2.12. The van der Waals surface area contributed by atoms with Crippen LogP contribution in [0.15, 0.2) is 53.5 Å². The molecule has 3 rings (SSSR count). The molecule has 2 aromatic carbocycles. The predicted molar refractivity (Wildman–Crippen MR) is 102 cm³/mol. The Morgan fingerprint density at radius 2 is 1.96 bits per heavy atom. The first-order valence-corrected chi connectivity index (χ1v) is 8.19. The molecule has 3 aromatic rings. The summed E-state index contributed by atoms with van der Waals surface area (Å²) in [4.78, 5) is 19.0. The summed E-state index contributed by atoms with van der Waals surface area (Å²) in [6.45, 7) is 0.891. The molecular weight excluding hydrogens is 330 g/mol. The number of ether oxygens (including phenoxy) is 1. The van der Waals surface area contributed by atoms with E-state index in [0.717, 1.165) is 22.0 Å². The van der Waals surface area contributed by atoms with Gasteiger partial charge in [-0.05, 0) is 23.3 Å². The van der Waals surface area contributed by atoms with Crippen molar-refractivity contribution < 1.29 is 9.53 Å². The topological polar surface area (TPSA) is 119 Å². The largest absolute Gasteiger partial charge is 0.487 e. The molecular formula is C19H21N5O2. The summed E-state index contributed by atoms with van der Waals surface area (Å²) >= 11 is 0. The number of carbonyl (C=O) groups excluding carboxylic acids is 1. The van der Waals surface area contributed by atoms with Crippen molar-refractivity contribution in [2.75, 3.05) is 7.05 Å². The van der Waals surface area contributed by atoms with Crippen LogP contribution in [-0.2, 0) is 13.2 Å². The van der Waals surface area contributed by atoms with E-state index in [0.29, 0.717) is 24.6 Å². The Bertz CT molecular complexity index is 961. The van der Waals surface area contributed by atoms with E-state index >= 15 is 0 Å². The van der Waals surface area contributed by atoms with Gasteiger partial charge in [-0.2, -0.15) is 4.99 Å². The van der Waals surface area contributed by atoms with Crippen LogP contribution in [0.2, 0.25) is 0 Å². The molecule has 7 nitrogen and oxygen atoms in total. The number of fused-ring (bicyclic) bond motifs is 1. The van der Waals surface area contributed by atoms with Crippen LogP contribution < -0.4 is 21.5 Å². The van der Waals surface area contributed by atoms with E-state index < -0.39 is 5.91 Å². The van der Waals surface area contributed by atoms with Crippen molar-refractivity contribution in [3.8, 4) is 5.75 Å². The summed E-state index contributed by atoms with van der Waals surface area (Å²) in [5.41, 5.74) is 14.4. The maximum absolute atomic E-state index is 12.2. The van der Waals surface area contributed by atoms with Gasteiger partial charge in [0, 0.05) is 19.0 Å². The van der Waals surface area contributed by atoms with E-state index in [4.69, 9.17) is 16.2 Å². The van der Waals surface area contributed by atoms with Crippen LogP contribution in [0.5, 0.6) is 5.75 Å². The molecule has 0 aliphatic heterocycles. The molecule has 1 heterocycles. The number of aliphatic imine (C=N–C) groups is 1. The van der Waals surface area contributed by atoms with Crippen LogP contribution in [0, 0.1) is 0 Å². The van der Waals surface area contributed by atoms with Crippen molar-refractivity contribution in [3.05, 3.63) is 65.4 Å². The molecule has 26 heavy (non-hydrogen) atoms. The number of nitrogens with zero attached hydrogens (tertiary/aromatic N) is 1. The van der Waals surface area contributed by atoms with Crippen LogP contribution in [-0.4, -0.2) is 23.9 Å². The normalized spacial score (nSPS) is 11.5. The molecule has 0 spiro atoms. The summed E-state index contributed by atoms with van der Waals surface area (Å²) in [6.07, 6.45) is 0. The lowest BCUT2D eigenvalue weighted by Gasteiger charge is -2.08. The van der Waals surface area contributed by atoms with Crippen LogP contribution in [0.3, 0.4) is 0 Å². The summed E-state index contributed by atoms with van der Waals surface area (Å²) in [5.74, 6) is 0.268. The van der Waals surface area contributed by atoms with Crippen molar-refractivity contribution in [2.45, 2.75) is 13.2 Å². The molecule has 0 saturated heterocycles. The Kier molecular flexibility index (Phi) is 5.19. The quantitative estimate of drug-likeness (QED) is 0.413. The van der Waals surface area contributed by atoms with Gasteiger partial charge >= 0.3 is 0 Å². The van der Waals surface area contributed by atoms with Gasteiger partial charge in [-0.15, -0.1) is 0 Å². The minimum atomic E-state index is -0.449. The first-order chi connectivity index (χ1) is 12.6. The van der Waals surface area contributed by atoms with E-state index in [1.807, 2.05) is 42.5 Å². The number of para-hydroxylation sites is 1.